The maximum absolute atomic E-state index is 12.4. The van der Waals surface area contributed by atoms with Crippen LogP contribution in [0.4, 0.5) is 11.6 Å². The largest absolute Gasteiger partial charge is 0.325 e. The van der Waals surface area contributed by atoms with Crippen molar-refractivity contribution in [1.29, 1.82) is 0 Å². The number of amides is 2. The monoisotopic (exact) mass is 401 g/mol. The average Bonchev–Trinajstić information content (AvgIpc) is 3.17. The molecule has 1 aromatic heterocycles. The Morgan fingerprint density at radius 3 is 2.70 bits per heavy atom. The number of nitrogens with one attached hydrogen (secondary N) is 2. The number of hydrogen-bond donors (Lipinski definition) is 2. The van der Waals surface area contributed by atoms with Crippen molar-refractivity contribution in [3.63, 3.8) is 0 Å². The summed E-state index contributed by atoms with van der Waals surface area (Å²) in [6, 6.07) is 13.4. The second-order valence-electron chi connectivity index (χ2n) is 5.95. The van der Waals surface area contributed by atoms with Crippen LogP contribution in [-0.4, -0.2) is 26.6 Å². The number of rotatable bonds is 4. The number of hydrogen-bond acceptors (Lipinski definition) is 4. The second-order valence-corrected chi connectivity index (χ2v) is 6.79. The molecule has 2 N–H and O–H groups in total. The molecule has 0 fully saturated rings. The molecule has 2 heterocycles. The number of aromatic nitrogens is 3. The molecular weight excluding hydrogens is 389 g/mol. The summed E-state index contributed by atoms with van der Waals surface area (Å²) in [7, 11) is 0. The molecule has 0 radical (unpaired) electrons. The van der Waals surface area contributed by atoms with Crippen LogP contribution in [0.2, 0.25) is 10.0 Å². The van der Waals surface area contributed by atoms with Crippen molar-refractivity contribution < 1.29 is 9.59 Å². The van der Waals surface area contributed by atoms with Gasteiger partial charge in [0.15, 0.2) is 5.82 Å². The van der Waals surface area contributed by atoms with Crippen molar-refractivity contribution in [2.45, 2.75) is 12.5 Å². The Balaban J connectivity index is 1.52. The van der Waals surface area contributed by atoms with Gasteiger partial charge in [0.1, 0.15) is 6.04 Å². The third-order valence-corrected chi connectivity index (χ3v) is 4.63. The third kappa shape index (κ3) is 3.51. The standard InChI is InChI=1S/C18H13Cl2N5O2/c19-11-6-7-13(12(20)8-11)21-15(26)9-14-17(27)23-18-22-16(24-25(14)18)10-4-2-1-3-5-10/h1-8,14H,9H2,(H,21,26)(H,22,23,24,27). The molecule has 2 amide bonds. The molecule has 136 valence electrons. The lowest BCUT2D eigenvalue weighted by atomic mass is 10.2. The number of benzene rings is 2. The van der Waals surface area contributed by atoms with Crippen molar-refractivity contribution in [2.24, 2.45) is 0 Å². The summed E-state index contributed by atoms with van der Waals surface area (Å²) in [6.07, 6.45) is -0.102. The van der Waals surface area contributed by atoms with Crippen molar-refractivity contribution in [2.75, 3.05) is 10.6 Å². The van der Waals surface area contributed by atoms with Gasteiger partial charge in [0, 0.05) is 10.6 Å². The Hall–Kier alpha value is -2.90. The number of halogens is 2. The fourth-order valence-electron chi connectivity index (χ4n) is 2.79. The minimum absolute atomic E-state index is 0.102. The fraction of sp³-hybridized carbons (Fsp3) is 0.111. The van der Waals surface area contributed by atoms with E-state index in [9.17, 15) is 9.59 Å². The number of carbonyl (C=O) groups is 2. The van der Waals surface area contributed by atoms with Crippen LogP contribution in [0.15, 0.2) is 48.5 Å². The Morgan fingerprint density at radius 2 is 1.96 bits per heavy atom. The highest BCUT2D eigenvalue weighted by Gasteiger charge is 2.35. The zero-order chi connectivity index (χ0) is 19.0. The molecule has 1 aliphatic rings. The van der Waals surface area contributed by atoms with Crippen LogP contribution in [0.5, 0.6) is 0 Å². The summed E-state index contributed by atoms with van der Waals surface area (Å²) in [5.74, 6) is 0.101. The molecule has 1 aliphatic heterocycles. The summed E-state index contributed by atoms with van der Waals surface area (Å²) in [4.78, 5) is 28.9. The Kier molecular flexibility index (Phi) is 4.55. The average molecular weight is 402 g/mol. The summed E-state index contributed by atoms with van der Waals surface area (Å²) < 4.78 is 1.44. The van der Waals surface area contributed by atoms with Crippen molar-refractivity contribution >= 4 is 46.7 Å². The van der Waals surface area contributed by atoms with Gasteiger partial charge in [-0.1, -0.05) is 53.5 Å². The first-order valence-corrected chi connectivity index (χ1v) is 8.84. The molecule has 4 rings (SSSR count). The highest BCUT2D eigenvalue weighted by atomic mass is 35.5. The van der Waals surface area contributed by atoms with Gasteiger partial charge < -0.3 is 5.32 Å². The van der Waals surface area contributed by atoms with E-state index in [1.54, 1.807) is 12.1 Å². The molecule has 27 heavy (non-hydrogen) atoms. The van der Waals surface area contributed by atoms with E-state index in [0.29, 0.717) is 27.5 Å². The molecule has 0 spiro atoms. The molecule has 3 aromatic rings. The number of anilines is 2. The first-order valence-electron chi connectivity index (χ1n) is 8.09. The van der Waals surface area contributed by atoms with Gasteiger partial charge in [-0.2, -0.15) is 4.98 Å². The lowest BCUT2D eigenvalue weighted by molar-refractivity contribution is -0.123. The Morgan fingerprint density at radius 1 is 1.19 bits per heavy atom. The van der Waals surface area contributed by atoms with Crippen LogP contribution in [0.25, 0.3) is 11.4 Å². The Labute approximate surface area is 164 Å². The van der Waals surface area contributed by atoms with Crippen LogP contribution in [-0.2, 0) is 9.59 Å². The van der Waals surface area contributed by atoms with E-state index >= 15 is 0 Å². The zero-order valence-corrected chi connectivity index (χ0v) is 15.3. The van der Waals surface area contributed by atoms with Crippen molar-refractivity contribution in [3.8, 4) is 11.4 Å². The van der Waals surface area contributed by atoms with Gasteiger partial charge >= 0.3 is 0 Å². The molecule has 1 atom stereocenters. The molecule has 0 saturated carbocycles. The van der Waals surface area contributed by atoms with E-state index in [-0.39, 0.29) is 18.2 Å². The molecule has 2 aromatic carbocycles. The van der Waals surface area contributed by atoms with E-state index in [1.165, 1.54) is 10.7 Å². The molecule has 0 aliphatic carbocycles. The summed E-state index contributed by atoms with van der Waals surface area (Å²) in [6.45, 7) is 0. The number of carbonyl (C=O) groups excluding carboxylic acids is 2. The first-order chi connectivity index (χ1) is 13.0. The maximum Gasteiger partial charge on any atom is 0.252 e. The van der Waals surface area contributed by atoms with Crippen LogP contribution in [0.3, 0.4) is 0 Å². The zero-order valence-electron chi connectivity index (χ0n) is 13.8. The van der Waals surface area contributed by atoms with Gasteiger partial charge in [0.05, 0.1) is 17.1 Å². The lowest BCUT2D eigenvalue weighted by Gasteiger charge is -2.11. The van der Waals surface area contributed by atoms with Crippen LogP contribution < -0.4 is 10.6 Å². The maximum atomic E-state index is 12.4. The van der Waals surface area contributed by atoms with E-state index in [2.05, 4.69) is 20.7 Å². The fourth-order valence-corrected chi connectivity index (χ4v) is 3.24. The Bertz CT molecular complexity index is 1040. The minimum atomic E-state index is -0.781. The normalized spacial score (nSPS) is 15.3. The van der Waals surface area contributed by atoms with E-state index in [4.69, 9.17) is 23.2 Å². The minimum Gasteiger partial charge on any atom is -0.325 e. The van der Waals surface area contributed by atoms with Gasteiger partial charge in [0.2, 0.25) is 11.9 Å². The quantitative estimate of drug-likeness (QED) is 0.695. The first kappa shape index (κ1) is 17.5. The van der Waals surface area contributed by atoms with Crippen LogP contribution in [0.1, 0.15) is 12.5 Å². The number of fused-ring (bicyclic) bond motifs is 1. The SMILES string of the molecule is O=C(CC1C(=O)Nc2nc(-c3ccccc3)nn21)Nc1ccc(Cl)cc1Cl. The molecule has 7 nitrogen and oxygen atoms in total. The smallest absolute Gasteiger partial charge is 0.252 e. The van der Waals surface area contributed by atoms with Gasteiger partial charge in [-0.25, -0.2) is 4.68 Å². The highest BCUT2D eigenvalue weighted by Crippen LogP contribution is 2.29. The van der Waals surface area contributed by atoms with Gasteiger partial charge in [-0.3, -0.25) is 14.9 Å². The topological polar surface area (TPSA) is 88.9 Å². The second kappa shape index (κ2) is 7.02. The molecule has 9 heteroatoms. The summed E-state index contributed by atoms with van der Waals surface area (Å²) in [5, 5.41) is 10.5. The van der Waals surface area contributed by atoms with Crippen molar-refractivity contribution in [3.05, 3.63) is 58.6 Å². The lowest BCUT2D eigenvalue weighted by Crippen LogP contribution is -2.23. The van der Waals surface area contributed by atoms with Gasteiger partial charge in [-0.15, -0.1) is 5.10 Å². The van der Waals surface area contributed by atoms with Crippen LogP contribution in [0, 0.1) is 0 Å². The van der Waals surface area contributed by atoms with Gasteiger partial charge in [-0.05, 0) is 18.2 Å². The predicted octanol–water partition coefficient (Wildman–Crippen LogP) is 3.77. The van der Waals surface area contributed by atoms with E-state index in [0.717, 1.165) is 5.56 Å². The van der Waals surface area contributed by atoms with E-state index in [1.807, 2.05) is 30.3 Å². The van der Waals surface area contributed by atoms with E-state index < -0.39 is 6.04 Å². The third-order valence-electron chi connectivity index (χ3n) is 4.08. The van der Waals surface area contributed by atoms with Crippen LogP contribution >= 0.6 is 23.2 Å². The molecular formula is C18H13Cl2N5O2. The van der Waals surface area contributed by atoms with Crippen molar-refractivity contribution in [1.82, 2.24) is 14.8 Å². The highest BCUT2D eigenvalue weighted by molar-refractivity contribution is 6.36. The molecule has 1 unspecified atom stereocenters. The molecule has 0 saturated heterocycles. The summed E-state index contributed by atoms with van der Waals surface area (Å²) >= 11 is 11.9. The summed E-state index contributed by atoms with van der Waals surface area (Å²) in [5.41, 5.74) is 1.25. The van der Waals surface area contributed by atoms with Gasteiger partial charge in [0.25, 0.3) is 5.91 Å². The molecule has 0 bridgehead atoms. The predicted molar refractivity (Wildman–Crippen MR) is 103 cm³/mol. The number of nitrogens with zero attached hydrogens (tertiary/aromatic N) is 3.